The van der Waals surface area contributed by atoms with Crippen LogP contribution < -0.4 is 5.32 Å². The van der Waals surface area contributed by atoms with Crippen LogP contribution in [-0.2, 0) is 0 Å². The zero-order valence-corrected chi connectivity index (χ0v) is 10.4. The van der Waals surface area contributed by atoms with Crippen molar-refractivity contribution in [1.29, 1.82) is 5.26 Å². The molecule has 1 unspecified atom stereocenters. The number of hydrogen-bond acceptors (Lipinski definition) is 2. The average Bonchev–Trinajstić information content (AvgIpc) is 2.37. The van der Waals surface area contributed by atoms with Gasteiger partial charge in [0.15, 0.2) is 0 Å². The fourth-order valence-electron chi connectivity index (χ4n) is 2.08. The Kier molecular flexibility index (Phi) is 4.06. The van der Waals surface area contributed by atoms with Crippen molar-refractivity contribution in [3.05, 3.63) is 40.9 Å². The summed E-state index contributed by atoms with van der Waals surface area (Å²) in [7, 11) is 0. The Hall–Kier alpha value is -1.46. The molecule has 2 nitrogen and oxygen atoms in total. The van der Waals surface area contributed by atoms with Crippen LogP contribution in [0.15, 0.2) is 30.4 Å². The minimum Gasteiger partial charge on any atom is -0.384 e. The number of rotatable bonds is 3. The minimum atomic E-state index is 0.515. The number of nitriles is 1. The lowest BCUT2D eigenvalue weighted by atomic mass is 9.94. The maximum Gasteiger partial charge on any atom is 0.103 e. The number of anilines is 1. The largest absolute Gasteiger partial charge is 0.384 e. The van der Waals surface area contributed by atoms with Crippen LogP contribution in [0.4, 0.5) is 5.69 Å². The van der Waals surface area contributed by atoms with Crippen molar-refractivity contribution in [3.8, 4) is 6.07 Å². The Balaban J connectivity index is 2.01. The molecule has 1 aromatic carbocycles. The SMILES string of the molecule is N#Cc1c(Cl)cccc1NCC1CC=CCC1. The van der Waals surface area contributed by atoms with Gasteiger partial charge in [-0.2, -0.15) is 5.26 Å². The van der Waals surface area contributed by atoms with E-state index in [1.54, 1.807) is 6.07 Å². The first kappa shape index (κ1) is 12.0. The first-order valence-corrected chi connectivity index (χ1v) is 6.26. The molecule has 0 amide bonds. The molecule has 0 saturated heterocycles. The molecule has 0 heterocycles. The summed E-state index contributed by atoms with van der Waals surface area (Å²) in [4.78, 5) is 0. The fourth-order valence-corrected chi connectivity index (χ4v) is 2.30. The van der Waals surface area contributed by atoms with Crippen LogP contribution in [-0.4, -0.2) is 6.54 Å². The van der Waals surface area contributed by atoms with Crippen molar-refractivity contribution in [1.82, 2.24) is 0 Å². The first-order valence-electron chi connectivity index (χ1n) is 5.88. The average molecular weight is 247 g/mol. The Bertz CT molecular complexity index is 460. The highest BCUT2D eigenvalue weighted by Crippen LogP contribution is 2.25. The van der Waals surface area contributed by atoms with Crippen LogP contribution in [0.3, 0.4) is 0 Å². The van der Waals surface area contributed by atoms with E-state index in [9.17, 15) is 0 Å². The Labute approximate surface area is 107 Å². The molecule has 1 atom stereocenters. The lowest BCUT2D eigenvalue weighted by Gasteiger charge is -2.19. The standard InChI is InChI=1S/C14H15ClN2/c15-13-7-4-8-14(12(13)9-16)17-10-11-5-2-1-3-6-11/h1-2,4,7-8,11,17H,3,5-6,10H2. The second-order valence-corrected chi connectivity index (χ2v) is 4.71. The van der Waals surface area contributed by atoms with Gasteiger partial charge in [0.2, 0.25) is 0 Å². The molecule has 1 aromatic rings. The summed E-state index contributed by atoms with van der Waals surface area (Å²) in [5.41, 5.74) is 1.38. The number of nitrogens with zero attached hydrogens (tertiary/aromatic N) is 1. The molecule has 0 fully saturated rings. The topological polar surface area (TPSA) is 35.8 Å². The van der Waals surface area contributed by atoms with Crippen molar-refractivity contribution < 1.29 is 0 Å². The minimum absolute atomic E-state index is 0.515. The van der Waals surface area contributed by atoms with Crippen LogP contribution >= 0.6 is 11.6 Å². The molecule has 0 saturated carbocycles. The highest BCUT2D eigenvalue weighted by atomic mass is 35.5. The summed E-state index contributed by atoms with van der Waals surface area (Å²) in [6, 6.07) is 7.66. The normalized spacial score (nSPS) is 18.7. The van der Waals surface area contributed by atoms with Gasteiger partial charge >= 0.3 is 0 Å². The molecule has 17 heavy (non-hydrogen) atoms. The highest BCUT2D eigenvalue weighted by Gasteiger charge is 2.11. The second kappa shape index (κ2) is 5.75. The van der Waals surface area contributed by atoms with Crippen LogP contribution in [0.5, 0.6) is 0 Å². The quantitative estimate of drug-likeness (QED) is 0.819. The zero-order valence-electron chi connectivity index (χ0n) is 9.62. The molecule has 0 aromatic heterocycles. The molecule has 1 aliphatic rings. The first-order chi connectivity index (χ1) is 8.31. The van der Waals surface area contributed by atoms with Crippen LogP contribution in [0.2, 0.25) is 5.02 Å². The van der Waals surface area contributed by atoms with Crippen LogP contribution in [0.1, 0.15) is 24.8 Å². The third-order valence-corrected chi connectivity index (χ3v) is 3.40. The van der Waals surface area contributed by atoms with E-state index in [0.717, 1.165) is 25.1 Å². The van der Waals surface area contributed by atoms with Crippen molar-refractivity contribution in [2.75, 3.05) is 11.9 Å². The second-order valence-electron chi connectivity index (χ2n) is 4.31. The number of hydrogen-bond donors (Lipinski definition) is 1. The molecule has 0 aliphatic heterocycles. The lowest BCUT2D eigenvalue weighted by molar-refractivity contribution is 0.504. The monoisotopic (exact) mass is 246 g/mol. The van der Waals surface area contributed by atoms with Gasteiger partial charge in [0.1, 0.15) is 6.07 Å². The lowest BCUT2D eigenvalue weighted by Crippen LogP contribution is -2.15. The van der Waals surface area contributed by atoms with Crippen LogP contribution in [0, 0.1) is 17.2 Å². The van der Waals surface area contributed by atoms with E-state index in [-0.39, 0.29) is 0 Å². The van der Waals surface area contributed by atoms with Gasteiger partial charge in [-0.1, -0.05) is 29.8 Å². The predicted molar refractivity (Wildman–Crippen MR) is 71.1 cm³/mol. The van der Waals surface area contributed by atoms with E-state index in [0.29, 0.717) is 16.5 Å². The Morgan fingerprint density at radius 1 is 1.41 bits per heavy atom. The summed E-state index contributed by atoms with van der Waals surface area (Å²) in [6.45, 7) is 0.902. The molecule has 0 spiro atoms. The predicted octanol–water partition coefficient (Wildman–Crippen LogP) is 3.98. The maximum absolute atomic E-state index is 9.05. The summed E-state index contributed by atoms with van der Waals surface area (Å²) < 4.78 is 0. The Morgan fingerprint density at radius 3 is 3.00 bits per heavy atom. The molecule has 1 aliphatic carbocycles. The summed E-state index contributed by atoms with van der Waals surface area (Å²) in [5, 5.41) is 12.9. The van der Waals surface area contributed by atoms with Gasteiger partial charge in [0.05, 0.1) is 16.3 Å². The molecule has 3 heteroatoms. The van der Waals surface area contributed by atoms with Gasteiger partial charge in [0.25, 0.3) is 0 Å². The van der Waals surface area contributed by atoms with Gasteiger partial charge in [-0.25, -0.2) is 0 Å². The summed E-state index contributed by atoms with van der Waals surface area (Å²) >= 11 is 5.98. The van der Waals surface area contributed by atoms with E-state index in [1.807, 2.05) is 12.1 Å². The highest BCUT2D eigenvalue weighted by molar-refractivity contribution is 6.32. The molecule has 88 valence electrons. The van der Waals surface area contributed by atoms with Gasteiger partial charge in [-0.3, -0.25) is 0 Å². The third kappa shape index (κ3) is 3.01. The van der Waals surface area contributed by atoms with Gasteiger partial charge < -0.3 is 5.32 Å². The van der Waals surface area contributed by atoms with Crippen molar-refractivity contribution in [2.24, 2.45) is 5.92 Å². The van der Waals surface area contributed by atoms with Gasteiger partial charge in [-0.05, 0) is 37.3 Å². The molecular weight excluding hydrogens is 232 g/mol. The third-order valence-electron chi connectivity index (χ3n) is 3.08. The van der Waals surface area contributed by atoms with Crippen molar-refractivity contribution in [2.45, 2.75) is 19.3 Å². The zero-order chi connectivity index (χ0) is 12.1. The van der Waals surface area contributed by atoms with E-state index < -0.39 is 0 Å². The van der Waals surface area contributed by atoms with Gasteiger partial charge in [-0.15, -0.1) is 0 Å². The van der Waals surface area contributed by atoms with Crippen LogP contribution in [0.25, 0.3) is 0 Å². The summed E-state index contributed by atoms with van der Waals surface area (Å²) in [6.07, 6.45) is 7.96. The smallest absolute Gasteiger partial charge is 0.103 e. The van der Waals surface area contributed by atoms with E-state index in [4.69, 9.17) is 16.9 Å². The molecule has 2 rings (SSSR count). The molecular formula is C14H15ClN2. The van der Waals surface area contributed by atoms with E-state index >= 15 is 0 Å². The fraction of sp³-hybridized carbons (Fsp3) is 0.357. The molecule has 1 N–H and O–H groups in total. The van der Waals surface area contributed by atoms with Gasteiger partial charge in [0, 0.05) is 6.54 Å². The van der Waals surface area contributed by atoms with Crippen molar-refractivity contribution >= 4 is 17.3 Å². The number of halogens is 1. The van der Waals surface area contributed by atoms with E-state index in [2.05, 4.69) is 23.5 Å². The maximum atomic E-state index is 9.05. The number of nitrogens with one attached hydrogen (secondary N) is 1. The number of benzene rings is 1. The van der Waals surface area contributed by atoms with E-state index in [1.165, 1.54) is 6.42 Å². The van der Waals surface area contributed by atoms with Crippen molar-refractivity contribution in [3.63, 3.8) is 0 Å². The Morgan fingerprint density at radius 2 is 2.29 bits per heavy atom. The summed E-state index contributed by atoms with van der Waals surface area (Å²) in [5.74, 6) is 0.658. The number of allylic oxidation sites excluding steroid dienone is 2. The molecule has 0 radical (unpaired) electrons. The molecule has 0 bridgehead atoms.